The number of carbonyl (C=O) groups excluding carboxylic acids is 6. The van der Waals surface area contributed by atoms with E-state index in [2.05, 4.69) is 108 Å². The molecule has 1 aromatic carbocycles. The molecule has 0 saturated heterocycles. The number of carbonyl (C=O) groups is 6. The van der Waals surface area contributed by atoms with E-state index in [9.17, 15) is 59.4 Å². The quantitative estimate of drug-likeness (QED) is 0.0152. The highest BCUT2D eigenvalue weighted by Crippen LogP contribution is 2.29. The number of carboxylic acid groups (broad SMARTS) is 6. The number of aryl methyl sites for hydroxylation is 6. The number of hydrogen-bond acceptors (Lipinski definition) is 18. The molecule has 7 aromatic rings. The van der Waals surface area contributed by atoms with Crippen molar-refractivity contribution in [3.63, 3.8) is 0 Å². The second kappa shape index (κ2) is 84.6. The van der Waals surface area contributed by atoms with Gasteiger partial charge in [-0.3, -0.25) is 0 Å². The fraction of sp³-hybridized carbons (Fsp3) is 0.684. The molecular weight excluding hydrogens is 1810 g/mol. The number of rotatable bonds is 72. The summed E-state index contributed by atoms with van der Waals surface area (Å²) in [5.41, 5.74) is -12.0. The van der Waals surface area contributed by atoms with E-state index in [-0.39, 0.29) is 36.3 Å². The zero-order valence-electron chi connectivity index (χ0n) is 90.1. The van der Waals surface area contributed by atoms with Crippen molar-refractivity contribution in [2.45, 2.75) is 505 Å². The van der Waals surface area contributed by atoms with Crippen LogP contribution in [0.1, 0.15) is 563 Å². The Morgan fingerprint density at radius 3 is 0.389 bits per heavy atom. The van der Waals surface area contributed by atoms with Crippen LogP contribution in [-0.2, 0) is 38.5 Å². The lowest BCUT2D eigenvalue weighted by Gasteiger charge is -2.28. The normalized spacial score (nSPS) is 11.9. The van der Waals surface area contributed by atoms with Crippen molar-refractivity contribution in [1.29, 1.82) is 31.6 Å². The Morgan fingerprint density at radius 1 is 0.201 bits per heavy atom. The summed E-state index contributed by atoms with van der Waals surface area (Å²) < 4.78 is 12.3. The maximum atomic E-state index is 11.0. The lowest BCUT2D eigenvalue weighted by Crippen LogP contribution is -2.44. The number of nitrogens with zero attached hydrogens (tertiary/aromatic N) is 12. The Kier molecular flexibility index (Phi) is 76.5. The Balaban J connectivity index is 0.000000841. The summed E-state index contributed by atoms with van der Waals surface area (Å²) in [6, 6.07) is 13.3. The third-order valence-electron chi connectivity index (χ3n) is 26.2. The molecule has 6 N–H and O–H groups in total. The van der Waals surface area contributed by atoms with Gasteiger partial charge in [0.25, 0.3) is 34.9 Å². The van der Waals surface area contributed by atoms with Gasteiger partial charge in [0.15, 0.2) is 36.3 Å². The summed E-state index contributed by atoms with van der Waals surface area (Å²) in [5, 5.41) is 120. The molecule has 30 heteroatoms. The highest BCUT2D eigenvalue weighted by atomic mass is 16.4. The molecule has 0 saturated carbocycles. The number of unbranched alkanes of at least 4 members (excludes halogenated alkanes) is 48. The Labute approximate surface area is 863 Å². The summed E-state index contributed by atoms with van der Waals surface area (Å²) in [6.45, 7) is 25.2. The molecule has 0 bridgehead atoms. The van der Waals surface area contributed by atoms with Gasteiger partial charge in [-0.15, -0.1) is 0 Å². The van der Waals surface area contributed by atoms with Gasteiger partial charge in [-0.25, -0.2) is 57.3 Å². The van der Waals surface area contributed by atoms with Crippen LogP contribution in [0.3, 0.4) is 0 Å². The predicted molar refractivity (Wildman–Crippen MR) is 546 cm³/mol. The van der Waals surface area contributed by atoms with Crippen LogP contribution in [0.2, 0.25) is 0 Å². The zero-order chi connectivity index (χ0) is 107. The highest BCUT2D eigenvalue weighted by molar-refractivity contribution is 6.21. The third-order valence-corrected chi connectivity index (χ3v) is 26.2. The Morgan fingerprint density at radius 2 is 0.299 bits per heavy atom. The summed E-state index contributed by atoms with van der Waals surface area (Å²) >= 11 is 0. The SMILES string of the molecule is CCCCCCCCCCCc1[nH]cc[n+]1C(C)C#N.CCCCCCCCCCCc1[nH]cc[n+]1C(C)C#N.CCCCCCCCCCCc1[nH]cc[n+]1C(C)C#N.CCCCCCCCCCCc1[nH]cc[n+]1C(C)C#N.CCCCCCCCCCCc1[nH]cc[n+]1C(C)C#N.CCCCCCCCCCCc1[nH]cc[n+]1C(C)C#N.O=C([O-])c1c(C(=O)[O-])c(C(=O)[O-])c(C(=O)[O-])c(C(=O)[O-])c1C(=O)[O-]. The molecule has 144 heavy (non-hydrogen) atoms. The van der Waals surface area contributed by atoms with Gasteiger partial charge < -0.3 is 59.4 Å². The lowest BCUT2D eigenvalue weighted by molar-refractivity contribution is -0.712. The van der Waals surface area contributed by atoms with Crippen molar-refractivity contribution in [3.05, 3.63) is 143 Å². The second-order valence-electron chi connectivity index (χ2n) is 38.2. The molecule has 30 nitrogen and oxygen atoms in total. The molecule has 6 unspecified atom stereocenters. The minimum absolute atomic E-state index is 0.0742. The van der Waals surface area contributed by atoms with Crippen molar-refractivity contribution < 1.29 is 86.8 Å². The zero-order valence-corrected chi connectivity index (χ0v) is 90.1. The van der Waals surface area contributed by atoms with Crippen LogP contribution in [0.25, 0.3) is 0 Å². The maximum Gasteiger partial charge on any atom is 0.255 e. The van der Waals surface area contributed by atoms with Crippen LogP contribution >= 0.6 is 0 Å². The topological polar surface area (TPSA) is 502 Å². The van der Waals surface area contributed by atoms with Gasteiger partial charge in [0, 0.05) is 71.9 Å². The molecule has 0 amide bonds. The molecule has 6 atom stereocenters. The molecule has 6 aromatic heterocycles. The lowest BCUT2D eigenvalue weighted by atomic mass is 9.86. The number of imidazole rings is 6. The first-order valence-electron chi connectivity index (χ1n) is 55.0. The van der Waals surface area contributed by atoms with Gasteiger partial charge in [-0.2, -0.15) is 31.6 Å². The van der Waals surface area contributed by atoms with Crippen LogP contribution in [0.4, 0.5) is 0 Å². The van der Waals surface area contributed by atoms with Gasteiger partial charge in [0.1, 0.15) is 111 Å². The number of benzene rings is 1. The average Bonchev–Trinajstić information content (AvgIpc) is 1.09. The van der Waals surface area contributed by atoms with Crippen LogP contribution in [0.5, 0.6) is 0 Å². The second-order valence-corrected chi connectivity index (χ2v) is 38.2. The van der Waals surface area contributed by atoms with E-state index >= 15 is 0 Å². The smallest absolute Gasteiger partial charge is 0.255 e. The highest BCUT2D eigenvalue weighted by Gasteiger charge is 2.29. The van der Waals surface area contributed by atoms with Gasteiger partial charge in [-0.05, 0) is 80.1 Å². The van der Waals surface area contributed by atoms with E-state index in [1.165, 1.54) is 382 Å². The Hall–Kier alpha value is -11.8. The first-order chi connectivity index (χ1) is 69.7. The fourth-order valence-electron chi connectivity index (χ4n) is 17.6. The van der Waals surface area contributed by atoms with Crippen LogP contribution in [0, 0.1) is 68.0 Å². The summed E-state index contributed by atoms with van der Waals surface area (Å²) in [6.07, 6.45) is 103. The molecular formula is C114H180N18O12. The van der Waals surface area contributed by atoms with Crippen molar-refractivity contribution >= 4 is 35.8 Å². The van der Waals surface area contributed by atoms with Crippen molar-refractivity contribution in [1.82, 2.24) is 29.9 Å². The van der Waals surface area contributed by atoms with E-state index in [4.69, 9.17) is 31.6 Å². The van der Waals surface area contributed by atoms with Crippen LogP contribution < -0.4 is 58.0 Å². The summed E-state index contributed by atoms with van der Waals surface area (Å²) in [4.78, 5) is 85.5. The summed E-state index contributed by atoms with van der Waals surface area (Å²) in [5.74, 6) is -8.89. The van der Waals surface area contributed by atoms with E-state index in [1.54, 1.807) is 0 Å². The molecule has 0 spiro atoms. The number of hydrogen-bond donors (Lipinski definition) is 6. The molecule has 0 radical (unpaired) electrons. The largest absolute Gasteiger partial charge is 0.545 e. The predicted octanol–water partition coefficient (Wildman–Crippen LogP) is 18.6. The minimum Gasteiger partial charge on any atom is -0.545 e. The molecule has 798 valence electrons. The molecule has 0 aliphatic rings. The minimum atomic E-state index is -2.66. The van der Waals surface area contributed by atoms with Crippen molar-refractivity contribution in [3.8, 4) is 36.4 Å². The van der Waals surface area contributed by atoms with E-state index in [1.807, 2.05) is 143 Å². The molecule has 7 rings (SSSR count). The van der Waals surface area contributed by atoms with Crippen molar-refractivity contribution in [2.75, 3.05) is 0 Å². The third kappa shape index (κ3) is 55.4. The molecule has 0 aliphatic heterocycles. The maximum absolute atomic E-state index is 11.0. The van der Waals surface area contributed by atoms with E-state index < -0.39 is 69.2 Å². The fourth-order valence-corrected chi connectivity index (χ4v) is 17.6. The number of nitrogens with one attached hydrogen (secondary N) is 6. The van der Waals surface area contributed by atoms with Gasteiger partial charge >= 0.3 is 0 Å². The van der Waals surface area contributed by atoms with Gasteiger partial charge in [0.2, 0.25) is 0 Å². The van der Waals surface area contributed by atoms with E-state index in [0.29, 0.717) is 0 Å². The number of aromatic amines is 6. The number of H-pyrrole nitrogens is 6. The van der Waals surface area contributed by atoms with Gasteiger partial charge in [0.05, 0.1) is 35.8 Å². The average molecular weight is 1990 g/mol. The van der Waals surface area contributed by atoms with Gasteiger partial charge in [-0.1, -0.05) is 350 Å². The first-order valence-corrected chi connectivity index (χ1v) is 55.0. The molecule has 0 aliphatic carbocycles. The first kappa shape index (κ1) is 130. The van der Waals surface area contributed by atoms with Crippen LogP contribution in [0.15, 0.2) is 74.4 Å². The van der Waals surface area contributed by atoms with E-state index in [0.717, 1.165) is 38.5 Å². The van der Waals surface area contributed by atoms with Crippen LogP contribution in [-0.4, -0.2) is 65.7 Å². The number of aromatic nitrogens is 12. The standard InChI is InChI=1S/6C17H29N3.C12H6O12/c6*1-3-4-5-6-7-8-9-10-11-12-17-19-13-14-20(17)16(2)15-18;13-7(14)1-2(8(15)16)4(10(19)20)6(12(23)24)5(11(21)22)3(1)9(17)18/h6*13-14,16H,3-12H2,1-2H3;(H,13,14)(H,15,16)(H,17,18)(H,19,20)(H,21,22)(H,23,24). The molecule has 6 heterocycles. The number of nitriles is 6. The Bertz CT molecular complexity index is 4070. The van der Waals surface area contributed by atoms with Crippen molar-refractivity contribution in [2.24, 2.45) is 0 Å². The molecule has 0 fully saturated rings. The number of carboxylic acids is 6. The summed E-state index contributed by atoms with van der Waals surface area (Å²) in [7, 11) is 0. The monoisotopic (exact) mass is 1990 g/mol. The number of aromatic carboxylic acids is 6.